The lowest BCUT2D eigenvalue weighted by molar-refractivity contribution is 0.0914. The van der Waals surface area contributed by atoms with Crippen molar-refractivity contribution in [2.24, 2.45) is 0 Å². The first-order valence-corrected chi connectivity index (χ1v) is 9.15. The third-order valence-corrected chi connectivity index (χ3v) is 5.17. The van der Waals surface area contributed by atoms with E-state index >= 15 is 0 Å². The molecule has 0 spiro atoms. The number of ether oxygens (including phenoxy) is 1. The minimum atomic E-state index is -0.214. The molecule has 1 aliphatic rings. The first-order valence-electron chi connectivity index (χ1n) is 9.15. The van der Waals surface area contributed by atoms with E-state index in [1.54, 1.807) is 13.2 Å². The quantitative estimate of drug-likeness (QED) is 0.735. The van der Waals surface area contributed by atoms with Crippen molar-refractivity contribution in [1.82, 2.24) is 5.32 Å². The summed E-state index contributed by atoms with van der Waals surface area (Å²) in [5.74, 6) is 0.715. The lowest BCUT2D eigenvalue weighted by Gasteiger charge is -2.19. The fourth-order valence-corrected chi connectivity index (χ4v) is 3.68. The van der Waals surface area contributed by atoms with Gasteiger partial charge in [0.1, 0.15) is 0 Å². The van der Waals surface area contributed by atoms with Gasteiger partial charge in [-0.2, -0.15) is 0 Å². The number of aryl methyl sites for hydroxylation is 2. The average Bonchev–Trinajstić information content (AvgIpc) is 3.12. The summed E-state index contributed by atoms with van der Waals surface area (Å²) >= 11 is 0. The Bertz CT molecular complexity index is 957. The number of methoxy groups -OCH3 is 1. The summed E-state index contributed by atoms with van der Waals surface area (Å²) in [6.45, 7) is 2.01. The van der Waals surface area contributed by atoms with E-state index in [0.29, 0.717) is 17.1 Å². The second kappa shape index (κ2) is 6.87. The largest absolute Gasteiger partial charge is 0.493 e. The highest BCUT2D eigenvalue weighted by Crippen LogP contribution is 2.29. The van der Waals surface area contributed by atoms with Gasteiger partial charge in [0.2, 0.25) is 0 Å². The third kappa shape index (κ3) is 3.07. The molecule has 4 rings (SSSR count). The van der Waals surface area contributed by atoms with Crippen molar-refractivity contribution >= 4 is 16.9 Å². The van der Waals surface area contributed by atoms with E-state index in [2.05, 4.69) is 23.5 Å². The van der Waals surface area contributed by atoms with Crippen LogP contribution in [0.5, 0.6) is 5.75 Å². The zero-order chi connectivity index (χ0) is 18.1. The summed E-state index contributed by atoms with van der Waals surface area (Å²) in [7, 11) is 1.59. The van der Waals surface area contributed by atoms with Gasteiger partial charge in [0.05, 0.1) is 13.2 Å². The number of nitrogens with one attached hydrogen (secondary N) is 1. The molecule has 3 aromatic rings. The van der Waals surface area contributed by atoms with Crippen molar-refractivity contribution in [2.75, 3.05) is 7.11 Å². The normalized spacial score (nSPS) is 14.7. The van der Waals surface area contributed by atoms with Gasteiger partial charge >= 0.3 is 0 Å². The van der Waals surface area contributed by atoms with Crippen LogP contribution in [0.25, 0.3) is 11.0 Å². The lowest BCUT2D eigenvalue weighted by atomic mass is 9.89. The predicted molar refractivity (Wildman–Crippen MR) is 102 cm³/mol. The van der Waals surface area contributed by atoms with Crippen LogP contribution < -0.4 is 10.1 Å². The van der Waals surface area contributed by atoms with Crippen molar-refractivity contribution in [3.8, 4) is 5.75 Å². The summed E-state index contributed by atoms with van der Waals surface area (Å²) in [4.78, 5) is 12.6. The van der Waals surface area contributed by atoms with E-state index in [4.69, 9.17) is 9.15 Å². The molecule has 0 saturated carbocycles. The summed E-state index contributed by atoms with van der Waals surface area (Å²) in [6, 6.07) is 13.9. The van der Waals surface area contributed by atoms with Crippen LogP contribution in [0.4, 0.5) is 0 Å². The summed E-state index contributed by atoms with van der Waals surface area (Å²) in [5, 5.41) is 3.90. The molecule has 1 amide bonds. The first kappa shape index (κ1) is 16.7. The highest BCUT2D eigenvalue weighted by atomic mass is 16.5. The Morgan fingerprint density at radius 3 is 2.73 bits per heavy atom. The van der Waals surface area contributed by atoms with Crippen molar-refractivity contribution in [3.05, 3.63) is 64.9 Å². The summed E-state index contributed by atoms with van der Waals surface area (Å²) < 4.78 is 11.0. The molecule has 1 N–H and O–H groups in total. The Hall–Kier alpha value is -2.75. The molecule has 1 heterocycles. The van der Waals surface area contributed by atoms with Gasteiger partial charge in [0.25, 0.3) is 5.91 Å². The second-order valence-corrected chi connectivity index (χ2v) is 6.92. The minimum absolute atomic E-state index is 0.0789. The highest BCUT2D eigenvalue weighted by molar-refractivity contribution is 5.97. The minimum Gasteiger partial charge on any atom is -0.493 e. The molecule has 134 valence electrons. The smallest absolute Gasteiger partial charge is 0.287 e. The molecular weight excluding hydrogens is 326 g/mol. The maximum Gasteiger partial charge on any atom is 0.287 e. The number of amides is 1. The van der Waals surface area contributed by atoms with E-state index in [1.807, 2.05) is 25.1 Å². The van der Waals surface area contributed by atoms with Gasteiger partial charge in [-0.05, 0) is 61.4 Å². The Kier molecular flexibility index (Phi) is 4.41. The zero-order valence-electron chi connectivity index (χ0n) is 15.2. The molecule has 26 heavy (non-hydrogen) atoms. The van der Waals surface area contributed by atoms with Crippen LogP contribution >= 0.6 is 0 Å². The highest BCUT2D eigenvalue weighted by Gasteiger charge is 2.18. The maximum absolute atomic E-state index is 12.6. The Labute approximate surface area is 153 Å². The van der Waals surface area contributed by atoms with E-state index in [9.17, 15) is 4.79 Å². The molecule has 2 aromatic carbocycles. The Morgan fingerprint density at radius 2 is 1.92 bits per heavy atom. The van der Waals surface area contributed by atoms with Crippen molar-refractivity contribution in [2.45, 2.75) is 38.6 Å². The van der Waals surface area contributed by atoms with Gasteiger partial charge in [-0.25, -0.2) is 0 Å². The molecule has 1 atom stereocenters. The van der Waals surface area contributed by atoms with Gasteiger partial charge in [-0.3, -0.25) is 4.79 Å². The monoisotopic (exact) mass is 349 g/mol. The number of furan rings is 1. The summed E-state index contributed by atoms with van der Waals surface area (Å²) in [6.07, 6.45) is 4.82. The van der Waals surface area contributed by atoms with Crippen LogP contribution in [-0.2, 0) is 12.8 Å². The van der Waals surface area contributed by atoms with Gasteiger partial charge in [-0.1, -0.05) is 30.3 Å². The van der Waals surface area contributed by atoms with Crippen molar-refractivity contribution in [1.29, 1.82) is 0 Å². The van der Waals surface area contributed by atoms with Crippen LogP contribution in [0.1, 0.15) is 53.1 Å². The molecule has 1 aliphatic carbocycles. The standard InChI is InChI=1S/C22H23NO3/c1-14(16-11-10-15-6-3-4-7-17(15)12-16)23-22(24)20-13-18-8-5-9-19(25-2)21(18)26-20/h5,8-14H,3-4,6-7H2,1-2H3,(H,23,24). The Morgan fingerprint density at radius 1 is 1.12 bits per heavy atom. The van der Waals surface area contributed by atoms with Crippen LogP contribution in [0.15, 0.2) is 46.9 Å². The van der Waals surface area contributed by atoms with Crippen molar-refractivity contribution in [3.63, 3.8) is 0 Å². The average molecular weight is 349 g/mol. The van der Waals surface area contributed by atoms with Crippen LogP contribution in [0.2, 0.25) is 0 Å². The molecule has 0 fully saturated rings. The van der Waals surface area contributed by atoms with Gasteiger partial charge in [0, 0.05) is 5.39 Å². The van der Waals surface area contributed by atoms with Crippen LogP contribution in [-0.4, -0.2) is 13.0 Å². The fourth-order valence-electron chi connectivity index (χ4n) is 3.68. The number of rotatable bonds is 4. The second-order valence-electron chi connectivity index (χ2n) is 6.92. The van der Waals surface area contributed by atoms with E-state index in [0.717, 1.165) is 23.8 Å². The molecule has 0 saturated heterocycles. The molecular formula is C22H23NO3. The molecule has 4 heteroatoms. The van der Waals surface area contributed by atoms with E-state index < -0.39 is 0 Å². The number of carbonyl (C=O) groups excluding carboxylic acids is 1. The lowest BCUT2D eigenvalue weighted by Crippen LogP contribution is -2.26. The molecule has 1 unspecified atom stereocenters. The SMILES string of the molecule is COc1cccc2cc(C(=O)NC(C)c3ccc4c(c3)CCCC4)oc12. The summed E-state index contributed by atoms with van der Waals surface area (Å²) in [5.41, 5.74) is 4.60. The van der Waals surface area contributed by atoms with Gasteiger partial charge in [-0.15, -0.1) is 0 Å². The van der Waals surface area contributed by atoms with E-state index in [-0.39, 0.29) is 11.9 Å². The number of carbonyl (C=O) groups is 1. The predicted octanol–water partition coefficient (Wildman–Crippen LogP) is 4.81. The zero-order valence-corrected chi connectivity index (χ0v) is 15.2. The topological polar surface area (TPSA) is 51.5 Å². The maximum atomic E-state index is 12.6. The van der Waals surface area contributed by atoms with E-state index in [1.165, 1.54) is 24.0 Å². The van der Waals surface area contributed by atoms with Gasteiger partial charge in [0.15, 0.2) is 17.1 Å². The molecule has 0 radical (unpaired) electrons. The molecule has 0 bridgehead atoms. The third-order valence-electron chi connectivity index (χ3n) is 5.17. The van der Waals surface area contributed by atoms with Crippen molar-refractivity contribution < 1.29 is 13.9 Å². The number of hydrogen-bond acceptors (Lipinski definition) is 3. The number of para-hydroxylation sites is 1. The molecule has 0 aliphatic heterocycles. The van der Waals surface area contributed by atoms with Crippen LogP contribution in [0.3, 0.4) is 0 Å². The molecule has 4 nitrogen and oxygen atoms in total. The fraction of sp³-hybridized carbons (Fsp3) is 0.318. The first-order chi connectivity index (χ1) is 12.7. The molecule has 1 aromatic heterocycles. The number of fused-ring (bicyclic) bond motifs is 2. The van der Waals surface area contributed by atoms with Crippen LogP contribution in [0, 0.1) is 0 Å². The number of benzene rings is 2. The number of hydrogen-bond donors (Lipinski definition) is 1. The Balaban J connectivity index is 1.54. The van der Waals surface area contributed by atoms with Gasteiger partial charge < -0.3 is 14.5 Å².